The van der Waals surface area contributed by atoms with E-state index in [2.05, 4.69) is 62.5 Å². The van der Waals surface area contributed by atoms with Gasteiger partial charge in [0.15, 0.2) is 6.10 Å². The molecule has 0 aliphatic heterocycles. The van der Waals surface area contributed by atoms with Gasteiger partial charge in [-0.15, -0.1) is 0 Å². The molecule has 0 aromatic carbocycles. The number of carbonyl (C=O) groups is 3. The summed E-state index contributed by atoms with van der Waals surface area (Å²) < 4.78 is 17.2. The minimum absolute atomic E-state index is 0.0388. The number of unbranched alkanes of at least 4 members (excludes halogenated alkanes) is 22. The quantitative estimate of drug-likeness (QED) is 0.0260. The highest BCUT2D eigenvalue weighted by Crippen LogP contribution is 2.15. The lowest BCUT2D eigenvalue weighted by Gasteiger charge is -2.34. The highest BCUT2D eigenvalue weighted by atomic mass is 16.6. The molecule has 0 saturated carbocycles. The third kappa shape index (κ3) is 40.7. The van der Waals surface area contributed by atoms with Crippen molar-refractivity contribution in [2.24, 2.45) is 0 Å². The van der Waals surface area contributed by atoms with Crippen molar-refractivity contribution in [3.05, 3.63) is 48.6 Å². The maximum absolute atomic E-state index is 12.7. The van der Waals surface area contributed by atoms with E-state index in [0.29, 0.717) is 12.8 Å². The van der Waals surface area contributed by atoms with Crippen molar-refractivity contribution in [3.8, 4) is 0 Å². The Morgan fingerprint density at radius 2 is 0.933 bits per heavy atom. The van der Waals surface area contributed by atoms with Crippen LogP contribution in [0.3, 0.4) is 0 Å². The van der Waals surface area contributed by atoms with Gasteiger partial charge in [-0.3, -0.25) is 9.59 Å². The summed E-state index contributed by atoms with van der Waals surface area (Å²) in [6.07, 6.45) is 51.3. The summed E-state index contributed by atoms with van der Waals surface area (Å²) in [5.41, 5.74) is 0. The average Bonchev–Trinajstić information content (AvgIpc) is 3.21. The van der Waals surface area contributed by atoms with Crippen LogP contribution in [0.25, 0.3) is 0 Å². The van der Waals surface area contributed by atoms with Crippen molar-refractivity contribution in [1.82, 2.24) is 0 Å². The van der Waals surface area contributed by atoms with Gasteiger partial charge in [0.2, 0.25) is 0 Å². The summed E-state index contributed by atoms with van der Waals surface area (Å²) in [6.45, 7) is 4.55. The van der Waals surface area contributed by atoms with Crippen LogP contribution in [0.15, 0.2) is 48.6 Å². The van der Waals surface area contributed by atoms with Gasteiger partial charge in [-0.2, -0.15) is 0 Å². The number of likely N-dealkylation sites (N-methyl/N-ethyl adjacent to an activating group) is 1. The first-order valence-corrected chi connectivity index (χ1v) is 24.7. The van der Waals surface area contributed by atoms with Crippen molar-refractivity contribution in [1.29, 1.82) is 0 Å². The molecule has 0 N–H and O–H groups in total. The van der Waals surface area contributed by atoms with Crippen LogP contribution in [0, 0.1) is 0 Å². The molecular formula is C52H93NO7. The third-order valence-corrected chi connectivity index (χ3v) is 10.9. The normalized spacial score (nSPS) is 13.3. The fourth-order valence-corrected chi connectivity index (χ4v) is 7.14. The van der Waals surface area contributed by atoms with Crippen LogP contribution < -0.4 is 5.11 Å². The molecule has 0 rings (SSSR count). The maximum Gasteiger partial charge on any atom is 0.306 e. The summed E-state index contributed by atoms with van der Waals surface area (Å²) in [4.78, 5) is 37.0. The van der Waals surface area contributed by atoms with Gasteiger partial charge < -0.3 is 28.6 Å². The molecule has 0 bridgehead atoms. The molecule has 0 aliphatic carbocycles. The van der Waals surface area contributed by atoms with Crippen molar-refractivity contribution in [3.63, 3.8) is 0 Å². The number of nitrogens with zero attached hydrogens (tertiary/aromatic N) is 1. The number of quaternary nitrogens is 1. The van der Waals surface area contributed by atoms with E-state index in [9.17, 15) is 19.5 Å². The highest BCUT2D eigenvalue weighted by molar-refractivity contribution is 5.70. The lowest BCUT2D eigenvalue weighted by Crippen LogP contribution is -2.55. The largest absolute Gasteiger partial charge is 0.544 e. The zero-order chi connectivity index (χ0) is 44.2. The fraction of sp³-hybridized carbons (Fsp3) is 0.788. The van der Waals surface area contributed by atoms with Gasteiger partial charge in [-0.25, -0.2) is 0 Å². The Labute approximate surface area is 369 Å². The molecule has 0 aliphatic rings. The summed E-state index contributed by atoms with van der Waals surface area (Å²) in [5.74, 6) is -1.74. The smallest absolute Gasteiger partial charge is 0.306 e. The molecule has 0 spiro atoms. The monoisotopic (exact) mass is 844 g/mol. The second kappa shape index (κ2) is 43.0. The van der Waals surface area contributed by atoms with Crippen LogP contribution in [-0.4, -0.2) is 75.5 Å². The van der Waals surface area contributed by atoms with Crippen molar-refractivity contribution < 1.29 is 38.2 Å². The lowest BCUT2D eigenvalue weighted by atomic mass is 10.0. The Kier molecular flexibility index (Phi) is 41.0. The van der Waals surface area contributed by atoms with Crippen molar-refractivity contribution >= 4 is 17.9 Å². The van der Waals surface area contributed by atoms with E-state index in [0.717, 1.165) is 57.8 Å². The molecule has 60 heavy (non-hydrogen) atoms. The minimum Gasteiger partial charge on any atom is -0.544 e. The van der Waals surface area contributed by atoms with Crippen LogP contribution in [0.5, 0.6) is 0 Å². The summed E-state index contributed by atoms with van der Waals surface area (Å²) in [7, 11) is 5.41. The van der Waals surface area contributed by atoms with E-state index < -0.39 is 18.1 Å². The third-order valence-electron chi connectivity index (χ3n) is 10.9. The Hall–Kier alpha value is -2.71. The van der Waals surface area contributed by atoms with Gasteiger partial charge in [-0.1, -0.05) is 172 Å². The molecule has 2 unspecified atom stereocenters. The van der Waals surface area contributed by atoms with Gasteiger partial charge in [-0.05, 0) is 70.6 Å². The highest BCUT2D eigenvalue weighted by Gasteiger charge is 2.25. The number of carbonyl (C=O) groups excluding carboxylic acids is 3. The molecule has 0 saturated heterocycles. The number of allylic oxidation sites excluding steroid dienone is 8. The van der Waals surface area contributed by atoms with E-state index in [1.807, 2.05) is 0 Å². The van der Waals surface area contributed by atoms with E-state index >= 15 is 0 Å². The number of esters is 2. The van der Waals surface area contributed by atoms with Crippen LogP contribution in [-0.2, 0) is 28.6 Å². The number of hydrogen-bond donors (Lipinski definition) is 0. The Balaban J connectivity index is 4.24. The Bertz CT molecular complexity index is 1120. The molecule has 0 aromatic heterocycles. The number of hydrogen-bond acceptors (Lipinski definition) is 7. The number of rotatable bonds is 44. The predicted octanol–water partition coefficient (Wildman–Crippen LogP) is 12.6. The molecule has 8 nitrogen and oxygen atoms in total. The number of carboxylic acids is 1. The molecule has 0 heterocycles. The molecule has 0 radical (unpaired) electrons. The van der Waals surface area contributed by atoms with Gasteiger partial charge in [0, 0.05) is 19.3 Å². The topological polar surface area (TPSA) is 102 Å². The van der Waals surface area contributed by atoms with E-state index in [1.165, 1.54) is 122 Å². The number of carboxylic acid groups (broad SMARTS) is 1. The van der Waals surface area contributed by atoms with E-state index in [4.69, 9.17) is 14.2 Å². The molecule has 0 amide bonds. The van der Waals surface area contributed by atoms with Crippen LogP contribution in [0.4, 0.5) is 0 Å². The Morgan fingerprint density at radius 3 is 1.40 bits per heavy atom. The van der Waals surface area contributed by atoms with Crippen molar-refractivity contribution in [2.45, 2.75) is 225 Å². The van der Waals surface area contributed by atoms with E-state index in [-0.39, 0.29) is 42.7 Å². The average molecular weight is 844 g/mol. The van der Waals surface area contributed by atoms with E-state index in [1.54, 1.807) is 21.1 Å². The minimum atomic E-state index is -1.13. The second-order valence-corrected chi connectivity index (χ2v) is 17.7. The summed E-state index contributed by atoms with van der Waals surface area (Å²) in [6, 6.07) is -0.727. The van der Waals surface area contributed by atoms with Gasteiger partial charge >= 0.3 is 11.9 Å². The van der Waals surface area contributed by atoms with Crippen molar-refractivity contribution in [2.75, 3.05) is 41.0 Å². The molecule has 0 aromatic rings. The SMILES string of the molecule is CC/C=C/C/C=C/C/C=C/CCCCCCCCCCCCCC(=O)OCC(COCCC(C(=O)[O-])[N+](C)(C)C)OC(=O)CCCCCCCCC/C=C/CCCCCC. The van der Waals surface area contributed by atoms with Gasteiger partial charge in [0.25, 0.3) is 0 Å². The molecule has 348 valence electrons. The zero-order valence-electron chi connectivity index (χ0n) is 39.6. The van der Waals surface area contributed by atoms with Gasteiger partial charge in [0.05, 0.1) is 40.3 Å². The lowest BCUT2D eigenvalue weighted by molar-refractivity contribution is -0.889. The van der Waals surface area contributed by atoms with Crippen LogP contribution >= 0.6 is 0 Å². The first-order chi connectivity index (χ1) is 29.1. The second-order valence-electron chi connectivity index (χ2n) is 17.7. The maximum atomic E-state index is 12.7. The molecule has 8 heteroatoms. The van der Waals surface area contributed by atoms with Crippen LogP contribution in [0.2, 0.25) is 0 Å². The number of ether oxygens (including phenoxy) is 3. The van der Waals surface area contributed by atoms with Crippen LogP contribution in [0.1, 0.15) is 213 Å². The first kappa shape index (κ1) is 57.3. The molecule has 2 atom stereocenters. The van der Waals surface area contributed by atoms with Gasteiger partial charge in [0.1, 0.15) is 12.6 Å². The zero-order valence-corrected chi connectivity index (χ0v) is 39.6. The summed E-state index contributed by atoms with van der Waals surface area (Å²) >= 11 is 0. The number of aliphatic carboxylic acids is 1. The Morgan fingerprint density at radius 1 is 0.517 bits per heavy atom. The fourth-order valence-electron chi connectivity index (χ4n) is 7.14. The standard InChI is InChI=1S/C52H93NO7/c1-6-8-10-12-14-16-18-20-22-23-24-25-26-27-29-30-32-34-36-38-40-42-50(54)59-47-48(46-58-45-44-49(52(56)57)53(3,4)5)60-51(55)43-41-39-37-35-33-31-28-21-19-17-15-13-11-9-7-2/h8,10,14,16-17,19-20,22,48-49H,6-7,9,11-13,15,18,21,23-47H2,1-5H3/b10-8+,16-14+,19-17+,22-20+. The predicted molar refractivity (Wildman–Crippen MR) is 250 cm³/mol. The first-order valence-electron chi connectivity index (χ1n) is 24.7. The summed E-state index contributed by atoms with van der Waals surface area (Å²) in [5, 5.41) is 11.6. The molecule has 0 fully saturated rings. The molecular weight excluding hydrogens is 751 g/mol.